The van der Waals surface area contributed by atoms with Gasteiger partial charge in [-0.3, -0.25) is 0 Å². The molecule has 0 bridgehead atoms. The van der Waals surface area contributed by atoms with Crippen molar-refractivity contribution in [3.63, 3.8) is 0 Å². The van der Waals surface area contributed by atoms with Crippen molar-refractivity contribution in [2.75, 3.05) is 20.0 Å². The lowest BCUT2D eigenvalue weighted by atomic mass is 10.9. The first kappa shape index (κ1) is 5.75. The van der Waals surface area contributed by atoms with Crippen molar-refractivity contribution in [3.05, 3.63) is 0 Å². The Morgan fingerprint density at radius 3 is 2.88 bits per heavy atom. The van der Waals surface area contributed by atoms with Crippen molar-refractivity contribution in [1.82, 2.24) is 4.90 Å². The van der Waals surface area contributed by atoms with Crippen molar-refractivity contribution in [2.45, 2.75) is 0 Å². The molecule has 0 saturated heterocycles. The molecule has 4 heteroatoms. The first-order chi connectivity index (χ1) is 3.84. The van der Waals surface area contributed by atoms with Crippen LogP contribution in [-0.2, 0) is 4.74 Å². The third-order valence-electron chi connectivity index (χ3n) is 0.903. The number of nitrogens with zero attached hydrogens (tertiary/aromatic N) is 2. The van der Waals surface area contributed by atoms with Crippen LogP contribution in [0.1, 0.15) is 0 Å². The van der Waals surface area contributed by atoms with Crippen LogP contribution < -0.4 is 0 Å². The monoisotopic (exact) mass is 132 g/mol. The second kappa shape index (κ2) is 2.26. The zero-order valence-electron chi connectivity index (χ0n) is 4.92. The summed E-state index contributed by atoms with van der Waals surface area (Å²) < 4.78 is 8.85. The number of rotatable bonds is 0. The lowest BCUT2D eigenvalue weighted by Crippen LogP contribution is -2.22. The van der Waals surface area contributed by atoms with Crippen molar-refractivity contribution in [1.29, 1.82) is 0 Å². The molecule has 0 saturated carbocycles. The van der Waals surface area contributed by atoms with Crippen molar-refractivity contribution in [3.8, 4) is 0 Å². The third-order valence-corrected chi connectivity index (χ3v) is 1.69. The minimum absolute atomic E-state index is 0.718. The summed E-state index contributed by atoms with van der Waals surface area (Å²) in [5, 5.41) is 0. The van der Waals surface area contributed by atoms with E-state index in [2.05, 4.69) is 4.40 Å². The van der Waals surface area contributed by atoms with Crippen molar-refractivity contribution < 1.29 is 4.74 Å². The number of ether oxygens (including phenoxy) is 1. The van der Waals surface area contributed by atoms with E-state index >= 15 is 0 Å². The summed E-state index contributed by atoms with van der Waals surface area (Å²) >= 11 is 1.50. The maximum Gasteiger partial charge on any atom is 0.299 e. The normalized spacial score (nSPS) is 18.8. The summed E-state index contributed by atoms with van der Waals surface area (Å²) in [6.07, 6.45) is 0. The molecule has 1 heterocycles. The highest BCUT2D eigenvalue weighted by Crippen LogP contribution is 2.13. The maximum absolute atomic E-state index is 4.88. The fourth-order valence-corrected chi connectivity index (χ4v) is 1.15. The number of amidine groups is 1. The Morgan fingerprint density at radius 2 is 2.62 bits per heavy atom. The van der Waals surface area contributed by atoms with E-state index in [0.717, 1.165) is 11.9 Å². The lowest BCUT2D eigenvalue weighted by molar-refractivity contribution is 0.334. The Morgan fingerprint density at radius 1 is 1.88 bits per heavy atom. The van der Waals surface area contributed by atoms with E-state index in [1.165, 1.54) is 11.9 Å². The molecule has 0 N–H and O–H groups in total. The molecule has 0 atom stereocenters. The largest absolute Gasteiger partial charge is 0.468 e. The minimum atomic E-state index is 0.718. The predicted molar refractivity (Wildman–Crippen MR) is 34.7 cm³/mol. The van der Waals surface area contributed by atoms with Gasteiger partial charge in [0.25, 0.3) is 6.02 Å². The molecule has 0 aromatic heterocycles. The van der Waals surface area contributed by atoms with Crippen LogP contribution in [-0.4, -0.2) is 31.0 Å². The minimum Gasteiger partial charge on any atom is -0.468 e. The van der Waals surface area contributed by atoms with E-state index in [0.29, 0.717) is 0 Å². The zero-order chi connectivity index (χ0) is 5.98. The van der Waals surface area contributed by atoms with E-state index in [1.54, 1.807) is 7.11 Å². The number of hydrogen-bond donors (Lipinski definition) is 0. The van der Waals surface area contributed by atoms with Crippen LogP contribution in [0.5, 0.6) is 0 Å². The van der Waals surface area contributed by atoms with Crippen LogP contribution in [0.15, 0.2) is 4.40 Å². The molecule has 3 nitrogen and oxygen atoms in total. The molecule has 1 aliphatic rings. The quantitative estimate of drug-likeness (QED) is 0.450. The highest BCUT2D eigenvalue weighted by molar-refractivity contribution is 7.98. The first-order valence-corrected chi connectivity index (χ1v) is 3.24. The SMILES string of the molecule is COC1=NSCN1C. The molecular formula is C4H8N2OS. The Hall–Kier alpha value is -0.380. The molecule has 0 aromatic carbocycles. The molecule has 0 fully saturated rings. The Kier molecular flexibility index (Phi) is 1.62. The molecule has 0 unspecified atom stereocenters. The third kappa shape index (κ3) is 0.888. The molecule has 0 spiro atoms. The van der Waals surface area contributed by atoms with Crippen LogP contribution >= 0.6 is 11.9 Å². The highest BCUT2D eigenvalue weighted by Gasteiger charge is 2.11. The molecular weight excluding hydrogens is 124 g/mol. The molecule has 1 rings (SSSR count). The van der Waals surface area contributed by atoms with E-state index in [4.69, 9.17) is 4.74 Å². The Labute approximate surface area is 52.9 Å². The summed E-state index contributed by atoms with van der Waals surface area (Å²) in [6, 6.07) is 0.718. The molecule has 0 amide bonds. The topological polar surface area (TPSA) is 24.8 Å². The van der Waals surface area contributed by atoms with Gasteiger partial charge in [-0.05, 0) is 0 Å². The molecule has 0 radical (unpaired) electrons. The number of hydrogen-bond acceptors (Lipinski definition) is 4. The van der Waals surface area contributed by atoms with Gasteiger partial charge in [0.15, 0.2) is 0 Å². The van der Waals surface area contributed by atoms with Crippen LogP contribution in [0, 0.1) is 0 Å². The summed E-state index contributed by atoms with van der Waals surface area (Å²) in [6.45, 7) is 0. The van der Waals surface area contributed by atoms with Gasteiger partial charge in [-0.2, -0.15) is 4.40 Å². The van der Waals surface area contributed by atoms with E-state index in [-0.39, 0.29) is 0 Å². The molecule has 0 aliphatic carbocycles. The van der Waals surface area contributed by atoms with Gasteiger partial charge >= 0.3 is 0 Å². The standard InChI is InChI=1S/C4H8N2OS/c1-6-3-8-5-4(6)7-2/h3H2,1-2H3. The van der Waals surface area contributed by atoms with Crippen LogP contribution in [0.25, 0.3) is 0 Å². The van der Waals surface area contributed by atoms with Gasteiger partial charge in [0.05, 0.1) is 13.0 Å². The van der Waals surface area contributed by atoms with Gasteiger partial charge in [-0.25, -0.2) is 0 Å². The van der Waals surface area contributed by atoms with Crippen molar-refractivity contribution >= 4 is 18.0 Å². The van der Waals surface area contributed by atoms with Crippen LogP contribution in [0.2, 0.25) is 0 Å². The van der Waals surface area contributed by atoms with Gasteiger partial charge in [-0.15, -0.1) is 0 Å². The van der Waals surface area contributed by atoms with Crippen LogP contribution in [0.3, 0.4) is 0 Å². The van der Waals surface area contributed by atoms with Gasteiger partial charge in [0.1, 0.15) is 0 Å². The predicted octanol–water partition coefficient (Wildman–Crippen LogP) is 0.540. The average Bonchev–Trinajstić information content (AvgIpc) is 2.14. The van der Waals surface area contributed by atoms with Gasteiger partial charge < -0.3 is 9.64 Å². The summed E-state index contributed by atoms with van der Waals surface area (Å²) in [7, 11) is 3.57. The van der Waals surface area contributed by atoms with E-state index < -0.39 is 0 Å². The Bertz CT molecular complexity index is 115. The van der Waals surface area contributed by atoms with Crippen molar-refractivity contribution in [2.24, 2.45) is 4.40 Å². The van der Waals surface area contributed by atoms with Gasteiger partial charge in [0, 0.05) is 19.0 Å². The Balaban J connectivity index is 2.49. The number of methoxy groups -OCH3 is 1. The second-order valence-electron chi connectivity index (χ2n) is 1.53. The zero-order valence-corrected chi connectivity index (χ0v) is 5.73. The molecule has 1 aliphatic heterocycles. The molecule has 46 valence electrons. The van der Waals surface area contributed by atoms with E-state index in [9.17, 15) is 0 Å². The summed E-state index contributed by atoms with van der Waals surface area (Å²) in [5.74, 6) is 0.906. The van der Waals surface area contributed by atoms with E-state index in [1.807, 2.05) is 11.9 Å². The first-order valence-electron chi connectivity index (χ1n) is 2.29. The smallest absolute Gasteiger partial charge is 0.299 e. The summed E-state index contributed by atoms with van der Waals surface area (Å²) in [5.41, 5.74) is 0. The second-order valence-corrected chi connectivity index (χ2v) is 2.23. The van der Waals surface area contributed by atoms with Gasteiger partial charge in [-0.1, -0.05) is 0 Å². The van der Waals surface area contributed by atoms with Crippen LogP contribution in [0.4, 0.5) is 0 Å². The maximum atomic E-state index is 4.88. The fourth-order valence-electron chi connectivity index (χ4n) is 0.489. The highest BCUT2D eigenvalue weighted by atomic mass is 32.2. The fraction of sp³-hybridized carbons (Fsp3) is 0.750. The van der Waals surface area contributed by atoms with Gasteiger partial charge in [0.2, 0.25) is 0 Å². The molecule has 8 heavy (non-hydrogen) atoms. The molecule has 0 aromatic rings. The summed E-state index contributed by atoms with van der Waals surface area (Å²) in [4.78, 5) is 1.95. The lowest BCUT2D eigenvalue weighted by Gasteiger charge is -2.08. The average molecular weight is 132 g/mol.